The van der Waals surface area contributed by atoms with Crippen molar-refractivity contribution in [1.82, 2.24) is 5.32 Å². The SMILES string of the molecule is CCCNCC(CCC(C)(C)C)C(C)C. The van der Waals surface area contributed by atoms with E-state index in [1.165, 1.54) is 32.4 Å². The lowest BCUT2D eigenvalue weighted by atomic mass is 9.83. The van der Waals surface area contributed by atoms with Gasteiger partial charge in [0, 0.05) is 0 Å². The third kappa shape index (κ3) is 8.92. The van der Waals surface area contributed by atoms with Crippen LogP contribution in [-0.4, -0.2) is 13.1 Å². The lowest BCUT2D eigenvalue weighted by molar-refractivity contribution is 0.272. The molecule has 92 valence electrons. The zero-order valence-corrected chi connectivity index (χ0v) is 11.7. The highest BCUT2D eigenvalue weighted by Crippen LogP contribution is 2.26. The van der Waals surface area contributed by atoms with E-state index in [9.17, 15) is 0 Å². The van der Waals surface area contributed by atoms with E-state index < -0.39 is 0 Å². The van der Waals surface area contributed by atoms with Crippen LogP contribution in [0.5, 0.6) is 0 Å². The van der Waals surface area contributed by atoms with Gasteiger partial charge in [0.25, 0.3) is 0 Å². The first kappa shape index (κ1) is 15.0. The third-order valence-electron chi connectivity index (χ3n) is 3.04. The summed E-state index contributed by atoms with van der Waals surface area (Å²) in [6, 6.07) is 0. The lowest BCUT2D eigenvalue weighted by Gasteiger charge is -2.26. The molecular weight excluding hydrogens is 182 g/mol. The van der Waals surface area contributed by atoms with Crippen molar-refractivity contribution in [2.45, 2.75) is 60.8 Å². The molecule has 0 heterocycles. The van der Waals surface area contributed by atoms with Gasteiger partial charge >= 0.3 is 0 Å². The smallest absolute Gasteiger partial charge is 0.00181 e. The molecule has 0 rings (SSSR count). The molecule has 0 saturated heterocycles. The molecule has 0 aliphatic rings. The van der Waals surface area contributed by atoms with Gasteiger partial charge < -0.3 is 5.32 Å². The third-order valence-corrected chi connectivity index (χ3v) is 3.04. The van der Waals surface area contributed by atoms with Crippen molar-refractivity contribution in [2.75, 3.05) is 13.1 Å². The molecule has 0 aromatic heterocycles. The van der Waals surface area contributed by atoms with E-state index >= 15 is 0 Å². The maximum Gasteiger partial charge on any atom is -0.00181 e. The number of nitrogens with one attached hydrogen (secondary N) is 1. The quantitative estimate of drug-likeness (QED) is 0.628. The normalized spacial score (nSPS) is 14.6. The summed E-state index contributed by atoms with van der Waals surface area (Å²) >= 11 is 0. The van der Waals surface area contributed by atoms with Gasteiger partial charge in [-0.15, -0.1) is 0 Å². The van der Waals surface area contributed by atoms with Gasteiger partial charge in [0.15, 0.2) is 0 Å². The van der Waals surface area contributed by atoms with E-state index in [2.05, 4.69) is 46.9 Å². The molecule has 0 spiro atoms. The van der Waals surface area contributed by atoms with Crippen molar-refractivity contribution in [3.8, 4) is 0 Å². The molecule has 1 atom stereocenters. The summed E-state index contributed by atoms with van der Waals surface area (Å²) in [5, 5.41) is 3.55. The Morgan fingerprint density at radius 3 is 2.13 bits per heavy atom. The first-order valence-electron chi connectivity index (χ1n) is 6.57. The summed E-state index contributed by atoms with van der Waals surface area (Å²) < 4.78 is 0. The number of rotatable bonds is 7. The molecule has 1 nitrogen and oxygen atoms in total. The molecule has 1 heteroatoms. The predicted octanol–water partition coefficient (Wildman–Crippen LogP) is 4.08. The Labute approximate surface area is 97.0 Å². The second kappa shape index (κ2) is 7.27. The van der Waals surface area contributed by atoms with Crippen LogP contribution in [0.15, 0.2) is 0 Å². The topological polar surface area (TPSA) is 12.0 Å². The van der Waals surface area contributed by atoms with Crippen molar-refractivity contribution in [2.24, 2.45) is 17.3 Å². The van der Waals surface area contributed by atoms with E-state index in [-0.39, 0.29) is 0 Å². The molecule has 1 unspecified atom stereocenters. The van der Waals surface area contributed by atoms with Crippen LogP contribution >= 0.6 is 0 Å². The van der Waals surface area contributed by atoms with E-state index in [1.54, 1.807) is 0 Å². The molecule has 0 aliphatic heterocycles. The minimum atomic E-state index is 0.484. The van der Waals surface area contributed by atoms with Crippen LogP contribution in [0.1, 0.15) is 60.8 Å². The maximum absolute atomic E-state index is 3.55. The zero-order chi connectivity index (χ0) is 11.9. The highest BCUT2D eigenvalue weighted by Gasteiger charge is 2.17. The standard InChI is InChI=1S/C14H31N/c1-7-10-15-11-13(12(2)3)8-9-14(4,5)6/h12-13,15H,7-11H2,1-6H3. The highest BCUT2D eigenvalue weighted by atomic mass is 14.9. The van der Waals surface area contributed by atoms with Crippen LogP contribution in [0.2, 0.25) is 0 Å². The van der Waals surface area contributed by atoms with Crippen LogP contribution in [0.3, 0.4) is 0 Å². The summed E-state index contributed by atoms with van der Waals surface area (Å²) in [5.41, 5.74) is 0.484. The summed E-state index contributed by atoms with van der Waals surface area (Å²) in [5.74, 6) is 1.65. The van der Waals surface area contributed by atoms with Crippen LogP contribution < -0.4 is 5.32 Å². The Bertz CT molecular complexity index is 144. The minimum Gasteiger partial charge on any atom is -0.316 e. The Kier molecular flexibility index (Phi) is 7.25. The molecule has 0 aromatic rings. The monoisotopic (exact) mass is 213 g/mol. The zero-order valence-electron chi connectivity index (χ0n) is 11.7. The van der Waals surface area contributed by atoms with Crippen molar-refractivity contribution in [1.29, 1.82) is 0 Å². The predicted molar refractivity (Wildman–Crippen MR) is 70.2 cm³/mol. The molecular formula is C14H31N. The minimum absolute atomic E-state index is 0.484. The van der Waals surface area contributed by atoms with Gasteiger partial charge in [0.1, 0.15) is 0 Å². The van der Waals surface area contributed by atoms with Crippen LogP contribution in [0.4, 0.5) is 0 Å². The molecule has 0 fully saturated rings. The van der Waals surface area contributed by atoms with Gasteiger partial charge in [-0.05, 0) is 49.6 Å². The Balaban J connectivity index is 3.84. The largest absolute Gasteiger partial charge is 0.316 e. The van der Waals surface area contributed by atoms with Crippen LogP contribution in [-0.2, 0) is 0 Å². The lowest BCUT2D eigenvalue weighted by Crippen LogP contribution is -2.27. The average Bonchev–Trinajstić information content (AvgIpc) is 2.08. The first-order valence-corrected chi connectivity index (χ1v) is 6.57. The molecule has 0 saturated carbocycles. The molecule has 15 heavy (non-hydrogen) atoms. The Hall–Kier alpha value is -0.0400. The second-order valence-electron chi connectivity index (χ2n) is 6.31. The van der Waals surface area contributed by atoms with Crippen LogP contribution in [0, 0.1) is 17.3 Å². The fourth-order valence-corrected chi connectivity index (χ4v) is 1.75. The van der Waals surface area contributed by atoms with Gasteiger partial charge in [0.2, 0.25) is 0 Å². The maximum atomic E-state index is 3.55. The van der Waals surface area contributed by atoms with E-state index in [0.717, 1.165) is 11.8 Å². The fourth-order valence-electron chi connectivity index (χ4n) is 1.75. The summed E-state index contributed by atoms with van der Waals surface area (Å²) in [4.78, 5) is 0. The molecule has 1 N–H and O–H groups in total. The van der Waals surface area contributed by atoms with Gasteiger partial charge in [0.05, 0.1) is 0 Å². The van der Waals surface area contributed by atoms with Gasteiger partial charge in [-0.25, -0.2) is 0 Å². The summed E-state index contributed by atoms with van der Waals surface area (Å²) in [6.45, 7) is 16.3. The van der Waals surface area contributed by atoms with E-state index in [4.69, 9.17) is 0 Å². The number of hydrogen-bond donors (Lipinski definition) is 1. The van der Waals surface area contributed by atoms with Gasteiger partial charge in [-0.2, -0.15) is 0 Å². The Morgan fingerprint density at radius 1 is 1.13 bits per heavy atom. The second-order valence-corrected chi connectivity index (χ2v) is 6.31. The number of hydrogen-bond acceptors (Lipinski definition) is 1. The van der Waals surface area contributed by atoms with Gasteiger partial charge in [-0.3, -0.25) is 0 Å². The van der Waals surface area contributed by atoms with Crippen molar-refractivity contribution in [3.63, 3.8) is 0 Å². The molecule has 0 radical (unpaired) electrons. The summed E-state index contributed by atoms with van der Waals surface area (Å²) in [7, 11) is 0. The molecule has 0 aliphatic carbocycles. The average molecular weight is 213 g/mol. The van der Waals surface area contributed by atoms with Crippen molar-refractivity contribution >= 4 is 0 Å². The Morgan fingerprint density at radius 2 is 1.73 bits per heavy atom. The van der Waals surface area contributed by atoms with E-state index in [1.807, 2.05) is 0 Å². The van der Waals surface area contributed by atoms with Crippen molar-refractivity contribution in [3.05, 3.63) is 0 Å². The van der Waals surface area contributed by atoms with E-state index in [0.29, 0.717) is 5.41 Å². The van der Waals surface area contributed by atoms with Gasteiger partial charge in [-0.1, -0.05) is 41.5 Å². The molecule has 0 bridgehead atoms. The molecule has 0 aromatic carbocycles. The molecule has 0 amide bonds. The summed E-state index contributed by atoms with van der Waals surface area (Å²) in [6.07, 6.45) is 3.94. The fraction of sp³-hybridized carbons (Fsp3) is 1.00. The van der Waals surface area contributed by atoms with Crippen LogP contribution in [0.25, 0.3) is 0 Å². The highest BCUT2D eigenvalue weighted by molar-refractivity contribution is 4.70. The van der Waals surface area contributed by atoms with Crippen molar-refractivity contribution < 1.29 is 0 Å². The first-order chi connectivity index (χ1) is 6.87.